The van der Waals surface area contributed by atoms with Crippen LogP contribution in [0, 0.1) is 6.92 Å². The van der Waals surface area contributed by atoms with Crippen molar-refractivity contribution in [2.75, 3.05) is 0 Å². The van der Waals surface area contributed by atoms with Gasteiger partial charge in [0.1, 0.15) is 11.5 Å². The third-order valence-corrected chi connectivity index (χ3v) is 4.51. The summed E-state index contributed by atoms with van der Waals surface area (Å²) in [6.45, 7) is 1.80. The summed E-state index contributed by atoms with van der Waals surface area (Å²) in [6, 6.07) is 22.7. The van der Waals surface area contributed by atoms with E-state index in [0.717, 1.165) is 9.79 Å². The third kappa shape index (κ3) is 3.78. The van der Waals surface area contributed by atoms with Crippen LogP contribution in [0.25, 0.3) is 0 Å². The molecule has 1 N–H and O–H groups in total. The molecule has 3 aromatic carbocycles. The van der Waals surface area contributed by atoms with E-state index >= 15 is 0 Å². The van der Waals surface area contributed by atoms with Crippen molar-refractivity contribution >= 4 is 17.7 Å². The van der Waals surface area contributed by atoms with Gasteiger partial charge in [-0.1, -0.05) is 48.2 Å². The van der Waals surface area contributed by atoms with Crippen molar-refractivity contribution < 1.29 is 14.6 Å². The Hall–Kier alpha value is -2.72. The zero-order valence-electron chi connectivity index (χ0n) is 13.1. The minimum Gasteiger partial charge on any atom is -0.478 e. The fraction of sp³-hybridized carbons (Fsp3) is 0.0500. The minimum absolute atomic E-state index is 0.248. The largest absolute Gasteiger partial charge is 0.478 e. The number of para-hydroxylation sites is 1. The molecule has 0 aromatic heterocycles. The molecule has 0 aliphatic rings. The predicted octanol–water partition coefficient (Wildman–Crippen LogP) is 5.64. The van der Waals surface area contributed by atoms with Crippen LogP contribution in [-0.2, 0) is 0 Å². The molecular formula is C20H16O3S. The lowest BCUT2D eigenvalue weighted by Gasteiger charge is -2.14. The average Bonchev–Trinajstić information content (AvgIpc) is 2.59. The van der Waals surface area contributed by atoms with Gasteiger partial charge < -0.3 is 9.84 Å². The molecule has 24 heavy (non-hydrogen) atoms. The number of hydrogen-bond acceptors (Lipinski definition) is 3. The Morgan fingerprint density at radius 3 is 2.21 bits per heavy atom. The van der Waals surface area contributed by atoms with Crippen LogP contribution in [-0.4, -0.2) is 11.1 Å². The molecule has 0 radical (unpaired) electrons. The molecule has 3 aromatic rings. The summed E-state index contributed by atoms with van der Waals surface area (Å²) >= 11 is 1.55. The number of carboxylic acid groups (broad SMARTS) is 1. The first-order chi connectivity index (χ1) is 11.6. The number of ether oxygens (including phenoxy) is 1. The quantitative estimate of drug-likeness (QED) is 0.655. The zero-order valence-corrected chi connectivity index (χ0v) is 13.9. The first-order valence-electron chi connectivity index (χ1n) is 7.47. The molecule has 0 amide bonds. The van der Waals surface area contributed by atoms with Gasteiger partial charge in [0.05, 0.1) is 10.5 Å². The Morgan fingerprint density at radius 1 is 0.958 bits per heavy atom. The monoisotopic (exact) mass is 336 g/mol. The van der Waals surface area contributed by atoms with Crippen LogP contribution in [0.3, 0.4) is 0 Å². The average molecular weight is 336 g/mol. The van der Waals surface area contributed by atoms with E-state index in [0.29, 0.717) is 17.1 Å². The lowest BCUT2D eigenvalue weighted by atomic mass is 10.1. The van der Waals surface area contributed by atoms with Gasteiger partial charge in [-0.2, -0.15) is 0 Å². The molecular weight excluding hydrogens is 320 g/mol. The van der Waals surface area contributed by atoms with Crippen LogP contribution in [0.4, 0.5) is 0 Å². The smallest absolute Gasteiger partial charge is 0.336 e. The SMILES string of the molecule is Cc1cc(Sc2ccccc2)c(Oc2ccccc2)cc1C(=O)O. The summed E-state index contributed by atoms with van der Waals surface area (Å²) in [5, 5.41) is 9.37. The molecule has 120 valence electrons. The Labute approximate surface area is 144 Å². The molecule has 0 spiro atoms. The van der Waals surface area contributed by atoms with Crippen LogP contribution >= 0.6 is 11.8 Å². The summed E-state index contributed by atoms with van der Waals surface area (Å²) in [5.74, 6) is 0.257. The van der Waals surface area contributed by atoms with Crippen molar-refractivity contribution in [2.45, 2.75) is 16.7 Å². The van der Waals surface area contributed by atoms with Gasteiger partial charge in [-0.05, 0) is 48.9 Å². The first kappa shape index (κ1) is 16.1. The molecule has 0 saturated heterocycles. The molecule has 0 unspecified atom stereocenters. The fourth-order valence-electron chi connectivity index (χ4n) is 2.28. The first-order valence-corrected chi connectivity index (χ1v) is 8.29. The highest BCUT2D eigenvalue weighted by atomic mass is 32.2. The summed E-state index contributed by atoms with van der Waals surface area (Å²) in [7, 11) is 0. The van der Waals surface area contributed by atoms with Gasteiger partial charge >= 0.3 is 5.97 Å². The molecule has 3 rings (SSSR count). The minimum atomic E-state index is -0.957. The Morgan fingerprint density at radius 2 is 1.58 bits per heavy atom. The van der Waals surface area contributed by atoms with Crippen molar-refractivity contribution in [1.29, 1.82) is 0 Å². The van der Waals surface area contributed by atoms with E-state index in [1.54, 1.807) is 24.8 Å². The normalized spacial score (nSPS) is 10.4. The molecule has 0 saturated carbocycles. The number of aromatic carboxylic acids is 1. The van der Waals surface area contributed by atoms with E-state index in [2.05, 4.69) is 0 Å². The number of hydrogen-bond donors (Lipinski definition) is 1. The number of aryl methyl sites for hydroxylation is 1. The molecule has 0 atom stereocenters. The van der Waals surface area contributed by atoms with E-state index in [1.807, 2.05) is 66.7 Å². The molecule has 0 aliphatic heterocycles. The lowest BCUT2D eigenvalue weighted by molar-refractivity contribution is 0.0695. The predicted molar refractivity (Wildman–Crippen MR) is 95.2 cm³/mol. The van der Waals surface area contributed by atoms with E-state index in [9.17, 15) is 9.90 Å². The summed E-state index contributed by atoms with van der Waals surface area (Å²) in [6.07, 6.45) is 0. The van der Waals surface area contributed by atoms with E-state index in [4.69, 9.17) is 4.74 Å². The standard InChI is InChI=1S/C20H16O3S/c1-14-12-19(24-16-10-6-3-7-11-16)18(13-17(14)20(21)22)23-15-8-4-2-5-9-15/h2-13H,1H3,(H,21,22). The van der Waals surface area contributed by atoms with Crippen LogP contribution in [0.1, 0.15) is 15.9 Å². The molecule has 4 heteroatoms. The van der Waals surface area contributed by atoms with Crippen molar-refractivity contribution in [3.8, 4) is 11.5 Å². The van der Waals surface area contributed by atoms with Crippen LogP contribution < -0.4 is 4.74 Å². The number of carboxylic acids is 1. The summed E-state index contributed by atoms with van der Waals surface area (Å²) in [4.78, 5) is 13.4. The Bertz CT molecular complexity index is 846. The summed E-state index contributed by atoms with van der Waals surface area (Å²) in [5.41, 5.74) is 0.958. The molecule has 0 heterocycles. The Kier molecular flexibility index (Phi) is 4.87. The number of rotatable bonds is 5. The van der Waals surface area contributed by atoms with Gasteiger partial charge in [0.2, 0.25) is 0 Å². The highest BCUT2D eigenvalue weighted by molar-refractivity contribution is 7.99. The second-order valence-corrected chi connectivity index (χ2v) is 6.36. The van der Waals surface area contributed by atoms with Gasteiger partial charge in [0.15, 0.2) is 0 Å². The second-order valence-electron chi connectivity index (χ2n) is 5.25. The number of benzene rings is 3. The highest BCUT2D eigenvalue weighted by Crippen LogP contribution is 2.39. The van der Waals surface area contributed by atoms with Gasteiger partial charge in [-0.3, -0.25) is 0 Å². The van der Waals surface area contributed by atoms with Crippen LogP contribution in [0.15, 0.2) is 82.6 Å². The van der Waals surface area contributed by atoms with Crippen molar-refractivity contribution in [3.05, 3.63) is 83.9 Å². The Balaban J connectivity index is 2.02. The van der Waals surface area contributed by atoms with E-state index in [1.165, 1.54) is 0 Å². The molecule has 3 nitrogen and oxygen atoms in total. The maximum Gasteiger partial charge on any atom is 0.336 e. The molecule has 0 fully saturated rings. The van der Waals surface area contributed by atoms with Crippen LogP contribution in [0.5, 0.6) is 11.5 Å². The maximum absolute atomic E-state index is 11.4. The molecule has 0 bridgehead atoms. The molecule has 0 aliphatic carbocycles. The maximum atomic E-state index is 11.4. The van der Waals surface area contributed by atoms with Crippen molar-refractivity contribution in [3.63, 3.8) is 0 Å². The van der Waals surface area contributed by atoms with E-state index < -0.39 is 5.97 Å². The summed E-state index contributed by atoms with van der Waals surface area (Å²) < 4.78 is 5.94. The lowest BCUT2D eigenvalue weighted by Crippen LogP contribution is -2.01. The second kappa shape index (κ2) is 7.23. The highest BCUT2D eigenvalue weighted by Gasteiger charge is 2.15. The third-order valence-electron chi connectivity index (χ3n) is 3.46. The van der Waals surface area contributed by atoms with Gasteiger partial charge in [0.25, 0.3) is 0 Å². The number of carbonyl (C=O) groups is 1. The zero-order chi connectivity index (χ0) is 16.9. The van der Waals surface area contributed by atoms with E-state index in [-0.39, 0.29) is 5.56 Å². The fourth-order valence-corrected chi connectivity index (χ4v) is 3.27. The van der Waals surface area contributed by atoms with Gasteiger partial charge in [-0.25, -0.2) is 4.79 Å². The topological polar surface area (TPSA) is 46.5 Å². The van der Waals surface area contributed by atoms with Crippen molar-refractivity contribution in [2.24, 2.45) is 0 Å². The van der Waals surface area contributed by atoms with Crippen molar-refractivity contribution in [1.82, 2.24) is 0 Å². The van der Waals surface area contributed by atoms with Gasteiger partial charge in [0, 0.05) is 4.90 Å². The van der Waals surface area contributed by atoms with Gasteiger partial charge in [-0.15, -0.1) is 0 Å². The van der Waals surface area contributed by atoms with Crippen LogP contribution in [0.2, 0.25) is 0 Å².